The molecule has 1 N–H and O–H groups in total. The zero-order valence-corrected chi connectivity index (χ0v) is 27.3. The Labute approximate surface area is 261 Å². The van der Waals surface area contributed by atoms with E-state index >= 15 is 0 Å². The van der Waals surface area contributed by atoms with E-state index in [9.17, 15) is 18.0 Å². The lowest BCUT2D eigenvalue weighted by molar-refractivity contribution is -0.140. The molecule has 0 spiro atoms. The van der Waals surface area contributed by atoms with E-state index in [1.807, 2.05) is 39.8 Å². The summed E-state index contributed by atoms with van der Waals surface area (Å²) in [7, 11) is 0.167. The van der Waals surface area contributed by atoms with Gasteiger partial charge in [0.1, 0.15) is 18.3 Å². The molecular weight excluding hydrogens is 582 g/mol. The van der Waals surface area contributed by atoms with Gasteiger partial charge in [0.2, 0.25) is 11.8 Å². The number of carbonyl (C=O) groups is 2. The average Bonchev–Trinajstić information content (AvgIpc) is 3.03. The second kappa shape index (κ2) is 15.5. The standard InChI is InChI=1S/C33H43N3O7S/c1-8-24(4)34-33(38)29(9-2)35(21-25-12-16-27(41-5)17-13-25)32(37)22-36(26-14-10-23(3)11-15-26)44(39,40)28-18-19-30(42-6)31(20-28)43-7/h10-20,24,29H,8-9,21-22H2,1-7H3,(H,34,38). The number of anilines is 1. The van der Waals surface area contributed by atoms with Crippen LogP contribution in [0.25, 0.3) is 0 Å². The Kier molecular flexibility index (Phi) is 12.0. The van der Waals surface area contributed by atoms with E-state index in [-0.39, 0.29) is 29.1 Å². The zero-order valence-electron chi connectivity index (χ0n) is 26.5. The van der Waals surface area contributed by atoms with Crippen molar-refractivity contribution in [3.05, 3.63) is 77.9 Å². The van der Waals surface area contributed by atoms with Crippen LogP contribution in [0.3, 0.4) is 0 Å². The minimum atomic E-state index is -4.28. The second-order valence-corrected chi connectivity index (χ2v) is 12.3. The Morgan fingerprint density at radius 3 is 2.02 bits per heavy atom. The van der Waals surface area contributed by atoms with Crippen LogP contribution < -0.4 is 23.8 Å². The lowest BCUT2D eigenvalue weighted by Crippen LogP contribution is -2.53. The molecule has 3 rings (SSSR count). The Balaban J connectivity index is 2.09. The summed E-state index contributed by atoms with van der Waals surface area (Å²) in [5.74, 6) is 0.426. The SMILES string of the molecule is CCC(C)NC(=O)C(CC)N(Cc1ccc(OC)cc1)C(=O)CN(c1ccc(C)cc1)S(=O)(=O)c1ccc(OC)c(OC)c1. The minimum absolute atomic E-state index is 0.0771. The first kappa shape index (κ1) is 34.2. The second-order valence-electron chi connectivity index (χ2n) is 10.5. The first-order chi connectivity index (χ1) is 21.0. The summed E-state index contributed by atoms with van der Waals surface area (Å²) >= 11 is 0. The van der Waals surface area contributed by atoms with Crippen molar-refractivity contribution in [1.29, 1.82) is 0 Å². The van der Waals surface area contributed by atoms with Crippen LogP contribution in [0.15, 0.2) is 71.6 Å². The molecule has 0 heterocycles. The van der Waals surface area contributed by atoms with Crippen molar-refractivity contribution < 1.29 is 32.2 Å². The Hall–Kier alpha value is -4.25. The van der Waals surface area contributed by atoms with Crippen molar-refractivity contribution in [3.8, 4) is 17.2 Å². The molecule has 3 aromatic rings. The van der Waals surface area contributed by atoms with E-state index in [2.05, 4.69) is 5.32 Å². The van der Waals surface area contributed by atoms with Crippen molar-refractivity contribution in [3.63, 3.8) is 0 Å². The number of hydrogen-bond donors (Lipinski definition) is 1. The molecule has 0 aliphatic carbocycles. The van der Waals surface area contributed by atoms with Crippen LogP contribution in [-0.4, -0.2) is 65.1 Å². The maximum atomic E-state index is 14.3. The van der Waals surface area contributed by atoms with Crippen molar-refractivity contribution >= 4 is 27.5 Å². The number of hydrogen-bond acceptors (Lipinski definition) is 7. The monoisotopic (exact) mass is 625 g/mol. The molecule has 0 aliphatic rings. The number of methoxy groups -OCH3 is 3. The van der Waals surface area contributed by atoms with Gasteiger partial charge in [-0.15, -0.1) is 0 Å². The number of benzene rings is 3. The van der Waals surface area contributed by atoms with Crippen LogP contribution in [0, 0.1) is 6.92 Å². The van der Waals surface area contributed by atoms with Gasteiger partial charge in [-0.25, -0.2) is 8.42 Å². The van der Waals surface area contributed by atoms with Gasteiger partial charge in [-0.1, -0.05) is 43.7 Å². The number of carbonyl (C=O) groups excluding carboxylic acids is 2. The number of rotatable bonds is 15. The number of sulfonamides is 1. The fourth-order valence-corrected chi connectivity index (χ4v) is 6.06. The molecule has 0 saturated carbocycles. The third-order valence-corrected chi connectivity index (χ3v) is 9.21. The van der Waals surface area contributed by atoms with Crippen LogP contribution in [0.4, 0.5) is 5.69 Å². The van der Waals surface area contributed by atoms with Crippen molar-refractivity contribution in [2.24, 2.45) is 0 Å². The van der Waals surface area contributed by atoms with Crippen LogP contribution in [0.1, 0.15) is 44.7 Å². The fourth-order valence-electron chi connectivity index (χ4n) is 4.63. The quantitative estimate of drug-likeness (QED) is 0.255. The molecule has 2 amide bonds. The van der Waals surface area contributed by atoms with E-state index in [1.165, 1.54) is 37.3 Å². The summed E-state index contributed by atoms with van der Waals surface area (Å²) in [5, 5.41) is 2.98. The normalized spacial score (nSPS) is 12.5. The first-order valence-electron chi connectivity index (χ1n) is 14.5. The van der Waals surface area contributed by atoms with Gasteiger partial charge < -0.3 is 24.4 Å². The molecule has 11 heteroatoms. The first-order valence-corrected chi connectivity index (χ1v) is 16.0. The van der Waals surface area contributed by atoms with E-state index in [1.54, 1.807) is 43.5 Å². The topological polar surface area (TPSA) is 114 Å². The summed E-state index contributed by atoms with van der Waals surface area (Å²) in [6.45, 7) is 7.13. The Morgan fingerprint density at radius 1 is 0.841 bits per heavy atom. The zero-order chi connectivity index (χ0) is 32.4. The number of nitrogens with one attached hydrogen (secondary N) is 1. The third kappa shape index (κ3) is 8.22. The van der Waals surface area contributed by atoms with Gasteiger partial charge in [0.05, 0.1) is 31.9 Å². The third-order valence-electron chi connectivity index (χ3n) is 7.44. The Bertz CT molecular complexity index is 1510. The van der Waals surface area contributed by atoms with E-state index in [0.29, 0.717) is 23.6 Å². The molecule has 44 heavy (non-hydrogen) atoms. The molecule has 2 unspecified atom stereocenters. The molecule has 0 saturated heterocycles. The summed E-state index contributed by atoms with van der Waals surface area (Å²) < 4.78 is 45.4. The van der Waals surface area contributed by atoms with Crippen LogP contribution in [0.5, 0.6) is 17.2 Å². The predicted molar refractivity (Wildman–Crippen MR) is 171 cm³/mol. The maximum Gasteiger partial charge on any atom is 0.264 e. The lowest BCUT2D eigenvalue weighted by Gasteiger charge is -2.33. The Morgan fingerprint density at radius 2 is 1.48 bits per heavy atom. The van der Waals surface area contributed by atoms with Gasteiger partial charge in [-0.05, 0) is 68.7 Å². The number of amides is 2. The van der Waals surface area contributed by atoms with Gasteiger partial charge in [-0.3, -0.25) is 13.9 Å². The van der Waals surface area contributed by atoms with Gasteiger partial charge >= 0.3 is 0 Å². The van der Waals surface area contributed by atoms with Crippen molar-refractivity contribution in [2.45, 2.75) is 64.1 Å². The van der Waals surface area contributed by atoms with Crippen molar-refractivity contribution in [1.82, 2.24) is 10.2 Å². The molecule has 0 bridgehead atoms. The fraction of sp³-hybridized carbons (Fsp3) is 0.394. The smallest absolute Gasteiger partial charge is 0.264 e. The average molecular weight is 626 g/mol. The molecule has 2 atom stereocenters. The highest BCUT2D eigenvalue weighted by Crippen LogP contribution is 2.32. The van der Waals surface area contributed by atoms with Crippen LogP contribution in [0.2, 0.25) is 0 Å². The highest BCUT2D eigenvalue weighted by Gasteiger charge is 2.34. The number of aryl methyl sites for hydroxylation is 1. The van der Waals surface area contributed by atoms with Crippen molar-refractivity contribution in [2.75, 3.05) is 32.2 Å². The number of nitrogens with zero attached hydrogens (tertiary/aromatic N) is 2. The highest BCUT2D eigenvalue weighted by molar-refractivity contribution is 7.92. The largest absolute Gasteiger partial charge is 0.497 e. The lowest BCUT2D eigenvalue weighted by atomic mass is 10.1. The highest BCUT2D eigenvalue weighted by atomic mass is 32.2. The van der Waals surface area contributed by atoms with Gasteiger partial charge in [-0.2, -0.15) is 0 Å². The summed E-state index contributed by atoms with van der Waals surface area (Å²) in [4.78, 5) is 29.1. The molecule has 10 nitrogen and oxygen atoms in total. The maximum absolute atomic E-state index is 14.3. The molecule has 0 aromatic heterocycles. The minimum Gasteiger partial charge on any atom is -0.497 e. The van der Waals surface area contributed by atoms with Gasteiger partial charge in [0.15, 0.2) is 11.5 Å². The van der Waals surface area contributed by atoms with E-state index in [0.717, 1.165) is 21.9 Å². The number of ether oxygens (including phenoxy) is 3. The summed E-state index contributed by atoms with van der Waals surface area (Å²) in [6, 6.07) is 17.4. The van der Waals surface area contributed by atoms with Gasteiger partial charge in [0.25, 0.3) is 10.0 Å². The predicted octanol–water partition coefficient (Wildman–Crippen LogP) is 4.94. The molecule has 0 aliphatic heterocycles. The molecule has 3 aromatic carbocycles. The molecule has 0 radical (unpaired) electrons. The summed E-state index contributed by atoms with van der Waals surface area (Å²) in [5.41, 5.74) is 2.00. The van der Waals surface area contributed by atoms with E-state index < -0.39 is 28.5 Å². The molecule has 238 valence electrons. The van der Waals surface area contributed by atoms with Crippen LogP contribution >= 0.6 is 0 Å². The summed E-state index contributed by atoms with van der Waals surface area (Å²) in [6.07, 6.45) is 1.05. The molecular formula is C33H43N3O7S. The molecule has 0 fully saturated rings. The van der Waals surface area contributed by atoms with Crippen LogP contribution in [-0.2, 0) is 26.2 Å². The van der Waals surface area contributed by atoms with Gasteiger partial charge in [0, 0.05) is 18.7 Å². The van der Waals surface area contributed by atoms with E-state index in [4.69, 9.17) is 14.2 Å².